The number of anilines is 1. The Labute approximate surface area is 153 Å². The Morgan fingerprint density at radius 3 is 2.52 bits per heavy atom. The fraction of sp³-hybridized carbons (Fsp3) is 0.167. The number of halogens is 1. The van der Waals surface area contributed by atoms with Gasteiger partial charge in [-0.2, -0.15) is 0 Å². The number of fused-ring (bicyclic) bond motifs is 1. The topological polar surface area (TPSA) is 103 Å². The van der Waals surface area contributed by atoms with E-state index in [0.29, 0.717) is 17.2 Å². The van der Waals surface area contributed by atoms with Gasteiger partial charge in [0.15, 0.2) is 18.1 Å². The van der Waals surface area contributed by atoms with Gasteiger partial charge in [0.1, 0.15) is 5.82 Å². The molecular formula is C18H15FN2O6. The van der Waals surface area contributed by atoms with Crippen molar-refractivity contribution in [1.82, 2.24) is 5.32 Å². The van der Waals surface area contributed by atoms with Gasteiger partial charge in [-0.1, -0.05) is 0 Å². The molecule has 2 N–H and O–H groups in total. The number of esters is 1. The van der Waals surface area contributed by atoms with E-state index in [4.69, 9.17) is 14.2 Å². The molecule has 140 valence electrons. The Morgan fingerprint density at radius 2 is 1.74 bits per heavy atom. The van der Waals surface area contributed by atoms with E-state index < -0.39 is 30.2 Å². The molecule has 0 radical (unpaired) electrons. The van der Waals surface area contributed by atoms with Crippen molar-refractivity contribution in [2.75, 3.05) is 25.3 Å². The molecule has 0 saturated carbocycles. The van der Waals surface area contributed by atoms with E-state index in [2.05, 4.69) is 10.6 Å². The third-order valence-electron chi connectivity index (χ3n) is 3.52. The number of carbonyl (C=O) groups excluding carboxylic acids is 3. The van der Waals surface area contributed by atoms with Gasteiger partial charge < -0.3 is 24.8 Å². The van der Waals surface area contributed by atoms with Gasteiger partial charge in [0, 0.05) is 5.69 Å². The van der Waals surface area contributed by atoms with Crippen LogP contribution in [0.25, 0.3) is 0 Å². The van der Waals surface area contributed by atoms with E-state index in [1.807, 2.05) is 0 Å². The summed E-state index contributed by atoms with van der Waals surface area (Å²) in [5, 5.41) is 4.80. The SMILES string of the molecule is O=C(COC(=O)c1ccc2c(c1)OCO2)NCC(=O)Nc1ccc(F)cc1. The van der Waals surface area contributed by atoms with Crippen LogP contribution in [0.3, 0.4) is 0 Å². The molecule has 2 aromatic carbocycles. The first-order chi connectivity index (χ1) is 13.0. The molecule has 0 saturated heterocycles. The summed E-state index contributed by atoms with van der Waals surface area (Å²) >= 11 is 0. The summed E-state index contributed by atoms with van der Waals surface area (Å²) in [7, 11) is 0. The number of hydrogen-bond donors (Lipinski definition) is 2. The highest BCUT2D eigenvalue weighted by Gasteiger charge is 2.17. The summed E-state index contributed by atoms with van der Waals surface area (Å²) in [6.07, 6.45) is 0. The third-order valence-corrected chi connectivity index (χ3v) is 3.52. The van der Waals surface area contributed by atoms with Crippen molar-refractivity contribution in [3.63, 3.8) is 0 Å². The lowest BCUT2D eigenvalue weighted by Crippen LogP contribution is -2.35. The molecule has 1 aliphatic heterocycles. The Balaban J connectivity index is 1.40. The minimum Gasteiger partial charge on any atom is -0.454 e. The van der Waals surface area contributed by atoms with Crippen LogP contribution in [0.2, 0.25) is 0 Å². The lowest BCUT2D eigenvalue weighted by atomic mass is 10.2. The summed E-state index contributed by atoms with van der Waals surface area (Å²) in [5.74, 6) is -1.33. The van der Waals surface area contributed by atoms with E-state index in [0.717, 1.165) is 0 Å². The first-order valence-corrected chi connectivity index (χ1v) is 7.90. The van der Waals surface area contributed by atoms with E-state index in [9.17, 15) is 18.8 Å². The van der Waals surface area contributed by atoms with Crippen LogP contribution in [0, 0.1) is 5.82 Å². The Hall–Kier alpha value is -3.62. The second kappa shape index (κ2) is 8.17. The van der Waals surface area contributed by atoms with Gasteiger partial charge in [-0.15, -0.1) is 0 Å². The molecule has 2 aromatic rings. The smallest absolute Gasteiger partial charge is 0.338 e. The quantitative estimate of drug-likeness (QED) is 0.743. The second-order valence-corrected chi connectivity index (χ2v) is 5.48. The highest BCUT2D eigenvalue weighted by molar-refractivity contribution is 5.95. The molecule has 9 heteroatoms. The average molecular weight is 374 g/mol. The van der Waals surface area contributed by atoms with Crippen molar-refractivity contribution < 1.29 is 33.0 Å². The van der Waals surface area contributed by atoms with Gasteiger partial charge in [0.2, 0.25) is 12.7 Å². The summed E-state index contributed by atoms with van der Waals surface area (Å²) in [6.45, 7) is -0.787. The number of nitrogens with one attached hydrogen (secondary N) is 2. The molecule has 0 bridgehead atoms. The maximum atomic E-state index is 12.8. The van der Waals surface area contributed by atoms with Crippen LogP contribution in [0.5, 0.6) is 11.5 Å². The Kier molecular flexibility index (Phi) is 5.50. The van der Waals surface area contributed by atoms with Crippen molar-refractivity contribution in [2.24, 2.45) is 0 Å². The van der Waals surface area contributed by atoms with Crippen LogP contribution in [0.4, 0.5) is 10.1 Å². The van der Waals surface area contributed by atoms with Crippen molar-refractivity contribution in [3.8, 4) is 11.5 Å². The van der Waals surface area contributed by atoms with Crippen LogP contribution in [0.1, 0.15) is 10.4 Å². The van der Waals surface area contributed by atoms with E-state index >= 15 is 0 Å². The Bertz CT molecular complexity index is 869. The molecule has 1 aliphatic rings. The number of amides is 2. The molecule has 0 fully saturated rings. The number of benzene rings is 2. The van der Waals surface area contributed by atoms with E-state index in [-0.39, 0.29) is 18.9 Å². The van der Waals surface area contributed by atoms with Crippen molar-refractivity contribution in [1.29, 1.82) is 0 Å². The van der Waals surface area contributed by atoms with E-state index in [1.165, 1.54) is 36.4 Å². The number of hydrogen-bond acceptors (Lipinski definition) is 6. The molecule has 27 heavy (non-hydrogen) atoms. The average Bonchev–Trinajstić information content (AvgIpc) is 3.14. The summed E-state index contributed by atoms with van der Waals surface area (Å²) in [4.78, 5) is 35.4. The van der Waals surface area contributed by atoms with Crippen molar-refractivity contribution >= 4 is 23.5 Å². The summed E-state index contributed by atoms with van der Waals surface area (Å²) in [6, 6.07) is 9.69. The predicted octanol–water partition coefficient (Wildman–Crippen LogP) is 1.47. The molecule has 1 heterocycles. The fourth-order valence-electron chi connectivity index (χ4n) is 2.21. The molecule has 0 unspecified atom stereocenters. The van der Waals surface area contributed by atoms with Gasteiger partial charge in [0.05, 0.1) is 12.1 Å². The lowest BCUT2D eigenvalue weighted by Gasteiger charge is -2.08. The zero-order valence-corrected chi connectivity index (χ0v) is 14.0. The fourth-order valence-corrected chi connectivity index (χ4v) is 2.21. The standard InChI is InChI=1S/C18H15FN2O6/c19-12-2-4-13(5-3-12)21-16(22)8-20-17(23)9-25-18(24)11-1-6-14-15(7-11)27-10-26-14/h1-7H,8-10H2,(H,20,23)(H,21,22). The summed E-state index contributed by atoms with van der Waals surface area (Å²) in [5.41, 5.74) is 0.603. The number of rotatable bonds is 6. The van der Waals surface area contributed by atoms with Crippen LogP contribution in [-0.2, 0) is 14.3 Å². The van der Waals surface area contributed by atoms with Gasteiger partial charge in [0.25, 0.3) is 5.91 Å². The van der Waals surface area contributed by atoms with Crippen LogP contribution < -0.4 is 20.1 Å². The minimum absolute atomic E-state index is 0.0796. The molecular weight excluding hydrogens is 359 g/mol. The molecule has 0 aromatic heterocycles. The zero-order valence-electron chi connectivity index (χ0n) is 14.0. The van der Waals surface area contributed by atoms with Gasteiger partial charge in [-0.05, 0) is 42.5 Å². The second-order valence-electron chi connectivity index (χ2n) is 5.48. The maximum absolute atomic E-state index is 12.8. The van der Waals surface area contributed by atoms with Crippen molar-refractivity contribution in [2.45, 2.75) is 0 Å². The third kappa shape index (κ3) is 4.94. The first kappa shape index (κ1) is 18.2. The maximum Gasteiger partial charge on any atom is 0.338 e. The largest absolute Gasteiger partial charge is 0.454 e. The number of carbonyl (C=O) groups is 3. The van der Waals surface area contributed by atoms with Crippen molar-refractivity contribution in [3.05, 3.63) is 53.8 Å². The molecule has 0 atom stereocenters. The van der Waals surface area contributed by atoms with Crippen LogP contribution in [0.15, 0.2) is 42.5 Å². The van der Waals surface area contributed by atoms with Gasteiger partial charge in [-0.25, -0.2) is 9.18 Å². The highest BCUT2D eigenvalue weighted by Crippen LogP contribution is 2.32. The molecule has 8 nitrogen and oxygen atoms in total. The normalized spacial score (nSPS) is 11.6. The Morgan fingerprint density at radius 1 is 1.00 bits per heavy atom. The minimum atomic E-state index is -0.709. The van der Waals surface area contributed by atoms with Crippen LogP contribution in [-0.4, -0.2) is 37.7 Å². The molecule has 0 spiro atoms. The highest BCUT2D eigenvalue weighted by atomic mass is 19.1. The molecule has 2 amide bonds. The first-order valence-electron chi connectivity index (χ1n) is 7.90. The van der Waals surface area contributed by atoms with Gasteiger partial charge >= 0.3 is 5.97 Å². The van der Waals surface area contributed by atoms with E-state index in [1.54, 1.807) is 6.07 Å². The molecule has 3 rings (SSSR count). The number of ether oxygens (including phenoxy) is 3. The summed E-state index contributed by atoms with van der Waals surface area (Å²) < 4.78 is 28.0. The monoisotopic (exact) mass is 374 g/mol. The zero-order chi connectivity index (χ0) is 19.2. The predicted molar refractivity (Wildman–Crippen MR) is 90.9 cm³/mol. The molecule has 0 aliphatic carbocycles. The van der Waals surface area contributed by atoms with Crippen LogP contribution >= 0.6 is 0 Å². The lowest BCUT2D eigenvalue weighted by molar-refractivity contribution is -0.126. The van der Waals surface area contributed by atoms with Gasteiger partial charge in [-0.3, -0.25) is 9.59 Å².